The van der Waals surface area contributed by atoms with E-state index in [1.165, 1.54) is 12.7 Å². The van der Waals surface area contributed by atoms with Gasteiger partial charge in [0.05, 0.1) is 7.11 Å². The van der Waals surface area contributed by atoms with Crippen molar-refractivity contribution in [3.8, 4) is 5.75 Å². The van der Waals surface area contributed by atoms with E-state index in [0.717, 1.165) is 17.0 Å². The molecular formula is C19H21ClO3. The van der Waals surface area contributed by atoms with Crippen molar-refractivity contribution in [1.82, 2.24) is 0 Å². The lowest BCUT2D eigenvalue weighted by atomic mass is 10.0. The summed E-state index contributed by atoms with van der Waals surface area (Å²) in [6, 6.07) is 15.5. The molecule has 2 aromatic rings. The van der Waals surface area contributed by atoms with Crippen molar-refractivity contribution in [2.24, 2.45) is 0 Å². The van der Waals surface area contributed by atoms with Crippen LogP contribution in [-0.2, 0) is 16.0 Å². The molecular weight excluding hydrogens is 312 g/mol. The van der Waals surface area contributed by atoms with Crippen LogP contribution >= 0.6 is 11.6 Å². The van der Waals surface area contributed by atoms with Gasteiger partial charge in [0.1, 0.15) is 5.75 Å². The molecule has 2 aromatic carbocycles. The number of methoxy groups -OCH3 is 1. The van der Waals surface area contributed by atoms with Gasteiger partial charge in [-0.1, -0.05) is 42.8 Å². The van der Waals surface area contributed by atoms with Crippen molar-refractivity contribution in [3.05, 3.63) is 64.7 Å². The Morgan fingerprint density at radius 2 is 1.57 bits per heavy atom. The molecule has 2 rings (SSSR count). The molecule has 122 valence electrons. The molecule has 23 heavy (non-hydrogen) atoms. The molecule has 3 nitrogen and oxygen atoms in total. The van der Waals surface area contributed by atoms with Crippen molar-refractivity contribution in [2.75, 3.05) is 7.11 Å². The molecule has 0 spiro atoms. The van der Waals surface area contributed by atoms with Gasteiger partial charge in [-0.15, -0.1) is 0 Å². The van der Waals surface area contributed by atoms with E-state index < -0.39 is 5.60 Å². The van der Waals surface area contributed by atoms with Gasteiger partial charge in [0, 0.05) is 5.02 Å². The number of hydrogen-bond acceptors (Lipinski definition) is 3. The first kappa shape index (κ1) is 17.4. The van der Waals surface area contributed by atoms with Gasteiger partial charge >= 0.3 is 5.97 Å². The van der Waals surface area contributed by atoms with E-state index in [1.807, 2.05) is 55.5 Å². The highest BCUT2D eigenvalue weighted by Crippen LogP contribution is 2.24. The number of carbonyl (C=O) groups excluding carboxylic acids is 1. The first-order valence-corrected chi connectivity index (χ1v) is 7.95. The first-order chi connectivity index (χ1) is 11.0. The number of ether oxygens (including phenoxy) is 2. The summed E-state index contributed by atoms with van der Waals surface area (Å²) < 4.78 is 10.6. The van der Waals surface area contributed by atoms with E-state index in [0.29, 0.717) is 12.2 Å². The quantitative estimate of drug-likeness (QED) is 0.722. The number of esters is 1. The molecule has 0 aliphatic carbocycles. The molecule has 0 bridgehead atoms. The molecule has 0 saturated carbocycles. The van der Waals surface area contributed by atoms with Crippen LogP contribution in [-0.4, -0.2) is 18.7 Å². The Kier molecular flexibility index (Phi) is 5.67. The summed E-state index contributed by atoms with van der Waals surface area (Å²) in [6.07, 6.45) is 1.35. The molecule has 4 heteroatoms. The highest BCUT2D eigenvalue weighted by Gasteiger charge is 2.34. The van der Waals surface area contributed by atoms with Crippen LogP contribution in [0.15, 0.2) is 48.5 Å². The fourth-order valence-corrected chi connectivity index (χ4v) is 2.37. The average Bonchev–Trinajstić information content (AvgIpc) is 2.57. The van der Waals surface area contributed by atoms with Crippen molar-refractivity contribution >= 4 is 17.6 Å². The van der Waals surface area contributed by atoms with Gasteiger partial charge in [-0.05, 0) is 55.2 Å². The van der Waals surface area contributed by atoms with E-state index in [4.69, 9.17) is 21.1 Å². The minimum Gasteiger partial charge on any atom is -0.476 e. The zero-order valence-corrected chi connectivity index (χ0v) is 14.4. The second-order valence-corrected chi connectivity index (χ2v) is 6.06. The minimum atomic E-state index is -0.966. The Hall–Kier alpha value is -2.00. The third kappa shape index (κ3) is 4.49. The van der Waals surface area contributed by atoms with Gasteiger partial charge < -0.3 is 9.47 Å². The fourth-order valence-electron chi connectivity index (χ4n) is 2.25. The highest BCUT2D eigenvalue weighted by molar-refractivity contribution is 6.30. The van der Waals surface area contributed by atoms with E-state index in [9.17, 15) is 4.79 Å². The Bertz CT molecular complexity index is 649. The number of hydrogen-bond donors (Lipinski definition) is 0. The van der Waals surface area contributed by atoms with Crippen LogP contribution in [0.1, 0.15) is 31.4 Å². The summed E-state index contributed by atoms with van der Waals surface area (Å²) in [5, 5.41) is 0.735. The molecule has 0 amide bonds. The van der Waals surface area contributed by atoms with Crippen LogP contribution in [0, 0.1) is 0 Å². The number of rotatable bonds is 6. The Balaban J connectivity index is 2.07. The number of benzene rings is 2. The first-order valence-electron chi connectivity index (χ1n) is 7.57. The van der Waals surface area contributed by atoms with Crippen LogP contribution in [0.5, 0.6) is 5.75 Å². The second-order valence-electron chi connectivity index (χ2n) is 5.63. The largest absolute Gasteiger partial charge is 0.476 e. The molecule has 0 N–H and O–H groups in total. The summed E-state index contributed by atoms with van der Waals surface area (Å²) >= 11 is 5.89. The number of carbonyl (C=O) groups is 1. The zero-order valence-electron chi connectivity index (χ0n) is 13.6. The van der Waals surface area contributed by atoms with Gasteiger partial charge in [-0.25, -0.2) is 4.79 Å². The summed E-state index contributed by atoms with van der Waals surface area (Å²) in [5.74, 6) is 0.282. The smallest absolute Gasteiger partial charge is 0.349 e. The maximum absolute atomic E-state index is 11.8. The number of halogens is 1. The topological polar surface area (TPSA) is 35.5 Å². The van der Waals surface area contributed by atoms with Crippen molar-refractivity contribution in [2.45, 2.75) is 32.3 Å². The van der Waals surface area contributed by atoms with Gasteiger partial charge in [0.25, 0.3) is 0 Å². The van der Waals surface area contributed by atoms with Crippen LogP contribution in [0.25, 0.3) is 0 Å². The monoisotopic (exact) mass is 332 g/mol. The minimum absolute atomic E-state index is 0.370. The SMILES string of the molecule is CCC(C)(Oc1ccc(Cc2ccc(Cl)cc2)cc1)C(=O)OC. The predicted molar refractivity (Wildman–Crippen MR) is 92.0 cm³/mol. The van der Waals surface area contributed by atoms with Crippen LogP contribution in [0.3, 0.4) is 0 Å². The summed E-state index contributed by atoms with van der Waals surface area (Å²) in [7, 11) is 1.37. The van der Waals surface area contributed by atoms with E-state index in [2.05, 4.69) is 0 Å². The molecule has 0 aliphatic rings. The molecule has 0 radical (unpaired) electrons. The van der Waals surface area contributed by atoms with E-state index in [-0.39, 0.29) is 5.97 Å². The molecule has 0 heterocycles. The van der Waals surface area contributed by atoms with Gasteiger partial charge in [-0.2, -0.15) is 0 Å². The summed E-state index contributed by atoms with van der Waals surface area (Å²) in [6.45, 7) is 3.63. The van der Waals surface area contributed by atoms with E-state index in [1.54, 1.807) is 6.92 Å². The maximum Gasteiger partial charge on any atom is 0.349 e. The van der Waals surface area contributed by atoms with Crippen LogP contribution in [0.4, 0.5) is 0 Å². The van der Waals surface area contributed by atoms with E-state index >= 15 is 0 Å². The van der Waals surface area contributed by atoms with Crippen molar-refractivity contribution < 1.29 is 14.3 Å². The Labute approximate surface area is 142 Å². The average molecular weight is 333 g/mol. The molecule has 0 saturated heterocycles. The Morgan fingerprint density at radius 3 is 2.04 bits per heavy atom. The van der Waals surface area contributed by atoms with Crippen molar-refractivity contribution in [1.29, 1.82) is 0 Å². The highest BCUT2D eigenvalue weighted by atomic mass is 35.5. The lowest BCUT2D eigenvalue weighted by molar-refractivity contribution is -0.157. The molecule has 1 unspecified atom stereocenters. The van der Waals surface area contributed by atoms with Gasteiger partial charge in [-0.3, -0.25) is 0 Å². The fraction of sp³-hybridized carbons (Fsp3) is 0.316. The van der Waals surface area contributed by atoms with Crippen molar-refractivity contribution in [3.63, 3.8) is 0 Å². The van der Waals surface area contributed by atoms with Gasteiger partial charge in [0.2, 0.25) is 5.60 Å². The maximum atomic E-state index is 11.8. The molecule has 0 aromatic heterocycles. The normalized spacial score (nSPS) is 13.2. The van der Waals surface area contributed by atoms with Crippen LogP contribution < -0.4 is 4.74 Å². The molecule has 1 atom stereocenters. The lowest BCUT2D eigenvalue weighted by Crippen LogP contribution is -2.41. The zero-order chi connectivity index (χ0) is 16.9. The second kappa shape index (κ2) is 7.51. The molecule has 0 fully saturated rings. The standard InChI is InChI=1S/C19H21ClO3/c1-4-19(2,18(21)22-3)23-17-11-7-15(8-12-17)13-14-5-9-16(20)10-6-14/h5-12H,4,13H2,1-3H3. The lowest BCUT2D eigenvalue weighted by Gasteiger charge is -2.26. The Morgan fingerprint density at radius 1 is 1.04 bits per heavy atom. The van der Waals surface area contributed by atoms with Crippen LogP contribution in [0.2, 0.25) is 5.02 Å². The predicted octanol–water partition coefficient (Wildman–Crippen LogP) is 4.65. The third-order valence-electron chi connectivity index (χ3n) is 3.88. The molecule has 0 aliphatic heterocycles. The third-order valence-corrected chi connectivity index (χ3v) is 4.13. The van der Waals surface area contributed by atoms with Gasteiger partial charge in [0.15, 0.2) is 0 Å². The summed E-state index contributed by atoms with van der Waals surface area (Å²) in [5.41, 5.74) is 1.39. The summed E-state index contributed by atoms with van der Waals surface area (Å²) in [4.78, 5) is 11.8.